The Morgan fingerprint density at radius 3 is 2.33 bits per heavy atom. The normalized spacial score (nSPS) is 15.6. The fraction of sp³-hybridized carbons (Fsp3) is 0.750. The van der Waals surface area contributed by atoms with E-state index >= 15 is 0 Å². The molecule has 0 aromatic heterocycles. The molecule has 2 unspecified atom stereocenters. The highest BCUT2D eigenvalue weighted by Crippen LogP contribution is 2.23. The zero-order chi connectivity index (χ0) is 12.2. The molecule has 0 aromatic carbocycles. The van der Waals surface area contributed by atoms with E-state index in [1.165, 1.54) is 0 Å². The van der Waals surface area contributed by atoms with Crippen LogP contribution in [0.4, 0.5) is 0 Å². The van der Waals surface area contributed by atoms with Crippen LogP contribution in [0, 0.1) is 5.41 Å². The molecule has 0 aromatic rings. The van der Waals surface area contributed by atoms with Gasteiger partial charge in [0.05, 0.1) is 6.04 Å². The maximum absolute atomic E-state index is 11.9. The lowest BCUT2D eigenvalue weighted by molar-refractivity contribution is -0.134. The molecule has 0 aliphatic rings. The smallest absolute Gasteiger partial charge is 0.239 e. The molecular weight excluding hydrogens is 188 g/mol. The maximum Gasteiger partial charge on any atom is 0.239 e. The summed E-state index contributed by atoms with van der Waals surface area (Å²) in [5.74, 6) is -0.0164. The van der Waals surface area contributed by atoms with Crippen LogP contribution in [0.25, 0.3) is 0 Å². The molecular formula is C12H24N2O. The van der Waals surface area contributed by atoms with Crippen molar-refractivity contribution in [1.29, 1.82) is 0 Å². The van der Waals surface area contributed by atoms with E-state index in [1.54, 1.807) is 18.0 Å². The van der Waals surface area contributed by atoms with Crippen molar-refractivity contribution in [2.75, 3.05) is 7.05 Å². The summed E-state index contributed by atoms with van der Waals surface area (Å²) in [6, 6.07) is -0.293. The van der Waals surface area contributed by atoms with Crippen LogP contribution in [0.1, 0.15) is 34.1 Å². The predicted molar refractivity (Wildman–Crippen MR) is 64.5 cm³/mol. The van der Waals surface area contributed by atoms with Crippen LogP contribution in [0.2, 0.25) is 0 Å². The summed E-state index contributed by atoms with van der Waals surface area (Å²) in [6.45, 7) is 12.0. The summed E-state index contributed by atoms with van der Waals surface area (Å²) < 4.78 is 0. The van der Waals surface area contributed by atoms with E-state index in [1.807, 2.05) is 6.92 Å². The van der Waals surface area contributed by atoms with Gasteiger partial charge in [-0.2, -0.15) is 0 Å². The highest BCUT2D eigenvalue weighted by atomic mass is 16.2. The molecule has 1 amide bonds. The van der Waals surface area contributed by atoms with Crippen molar-refractivity contribution < 1.29 is 4.79 Å². The third-order valence-electron chi connectivity index (χ3n) is 2.92. The molecule has 3 nitrogen and oxygen atoms in total. The zero-order valence-electron chi connectivity index (χ0n) is 10.6. The zero-order valence-corrected chi connectivity index (χ0v) is 10.6. The first-order valence-corrected chi connectivity index (χ1v) is 5.35. The fourth-order valence-electron chi connectivity index (χ4n) is 1.31. The van der Waals surface area contributed by atoms with Gasteiger partial charge in [0, 0.05) is 13.1 Å². The number of carbonyl (C=O) groups is 1. The number of rotatable bonds is 4. The standard InChI is InChI=1S/C12H24N2O/c1-7-8-10(13)11(15)14(6)9(2)12(3,4)5/h7,9-10H,1,8,13H2,2-6H3. The van der Waals surface area contributed by atoms with E-state index in [-0.39, 0.29) is 17.4 Å². The van der Waals surface area contributed by atoms with Gasteiger partial charge in [-0.05, 0) is 18.8 Å². The summed E-state index contributed by atoms with van der Waals surface area (Å²) in [7, 11) is 1.81. The Morgan fingerprint density at radius 1 is 1.53 bits per heavy atom. The molecule has 88 valence electrons. The second-order valence-corrected chi connectivity index (χ2v) is 5.12. The summed E-state index contributed by atoms with van der Waals surface area (Å²) in [5.41, 5.74) is 5.82. The topological polar surface area (TPSA) is 46.3 Å². The molecule has 0 rings (SSSR count). The van der Waals surface area contributed by atoms with Gasteiger partial charge in [-0.15, -0.1) is 6.58 Å². The van der Waals surface area contributed by atoms with E-state index in [2.05, 4.69) is 27.4 Å². The lowest BCUT2D eigenvalue weighted by atomic mass is 9.87. The first-order chi connectivity index (χ1) is 6.71. The third kappa shape index (κ3) is 4.04. The van der Waals surface area contributed by atoms with Crippen LogP contribution in [0.3, 0.4) is 0 Å². The lowest BCUT2D eigenvalue weighted by Gasteiger charge is -2.36. The highest BCUT2D eigenvalue weighted by molar-refractivity contribution is 5.81. The van der Waals surface area contributed by atoms with Crippen molar-refractivity contribution in [3.63, 3.8) is 0 Å². The maximum atomic E-state index is 11.9. The quantitative estimate of drug-likeness (QED) is 0.722. The molecule has 0 spiro atoms. The van der Waals surface area contributed by atoms with Crippen LogP contribution < -0.4 is 5.73 Å². The second kappa shape index (κ2) is 5.31. The monoisotopic (exact) mass is 212 g/mol. The molecule has 2 atom stereocenters. The minimum absolute atomic E-state index is 0.0164. The Balaban J connectivity index is 4.50. The molecule has 15 heavy (non-hydrogen) atoms. The molecule has 3 heteroatoms. The van der Waals surface area contributed by atoms with E-state index < -0.39 is 6.04 Å². The number of nitrogens with two attached hydrogens (primary N) is 1. The molecule has 0 heterocycles. The van der Waals surface area contributed by atoms with Gasteiger partial charge in [-0.25, -0.2) is 0 Å². The first kappa shape index (κ1) is 14.2. The van der Waals surface area contributed by atoms with Gasteiger partial charge in [-0.1, -0.05) is 26.8 Å². The van der Waals surface area contributed by atoms with Crippen LogP contribution in [0.5, 0.6) is 0 Å². The molecule has 0 radical (unpaired) electrons. The van der Waals surface area contributed by atoms with Crippen molar-refractivity contribution in [3.05, 3.63) is 12.7 Å². The van der Waals surface area contributed by atoms with Gasteiger partial charge in [0.25, 0.3) is 0 Å². The minimum atomic E-state index is -0.461. The van der Waals surface area contributed by atoms with Crippen molar-refractivity contribution >= 4 is 5.91 Å². The van der Waals surface area contributed by atoms with Crippen LogP contribution >= 0.6 is 0 Å². The molecule has 0 aliphatic carbocycles. The number of carbonyl (C=O) groups excluding carboxylic acids is 1. The molecule has 0 fully saturated rings. The van der Waals surface area contributed by atoms with E-state index in [4.69, 9.17) is 5.73 Å². The largest absolute Gasteiger partial charge is 0.341 e. The minimum Gasteiger partial charge on any atom is -0.341 e. The highest BCUT2D eigenvalue weighted by Gasteiger charge is 2.28. The number of amides is 1. The first-order valence-electron chi connectivity index (χ1n) is 5.35. The lowest BCUT2D eigenvalue weighted by Crippen LogP contribution is -2.49. The average molecular weight is 212 g/mol. The van der Waals surface area contributed by atoms with E-state index in [9.17, 15) is 4.79 Å². The Hall–Kier alpha value is -0.830. The summed E-state index contributed by atoms with van der Waals surface area (Å²) in [6.07, 6.45) is 2.21. The van der Waals surface area contributed by atoms with Crippen LogP contribution in [-0.2, 0) is 4.79 Å². The van der Waals surface area contributed by atoms with Gasteiger partial charge < -0.3 is 10.6 Å². The van der Waals surface area contributed by atoms with Gasteiger partial charge in [-0.3, -0.25) is 4.79 Å². The molecule has 0 saturated heterocycles. The van der Waals surface area contributed by atoms with E-state index in [0.29, 0.717) is 6.42 Å². The van der Waals surface area contributed by atoms with Gasteiger partial charge >= 0.3 is 0 Å². The van der Waals surface area contributed by atoms with Gasteiger partial charge in [0.2, 0.25) is 5.91 Å². The SMILES string of the molecule is C=CCC(N)C(=O)N(C)C(C)C(C)(C)C. The Bertz CT molecular complexity index is 230. The Labute approximate surface area is 93.3 Å². The van der Waals surface area contributed by atoms with E-state index in [0.717, 1.165) is 0 Å². The van der Waals surface area contributed by atoms with Gasteiger partial charge in [0.1, 0.15) is 0 Å². The van der Waals surface area contributed by atoms with Gasteiger partial charge in [0.15, 0.2) is 0 Å². The van der Waals surface area contributed by atoms with Crippen molar-refractivity contribution in [3.8, 4) is 0 Å². The van der Waals surface area contributed by atoms with Crippen molar-refractivity contribution in [2.24, 2.45) is 11.1 Å². The second-order valence-electron chi connectivity index (χ2n) is 5.12. The van der Waals surface area contributed by atoms with Crippen molar-refractivity contribution in [1.82, 2.24) is 4.90 Å². The third-order valence-corrected chi connectivity index (χ3v) is 2.92. The predicted octanol–water partition coefficient (Wildman–Crippen LogP) is 1.78. The summed E-state index contributed by atoms with van der Waals surface area (Å²) >= 11 is 0. The number of hydrogen-bond acceptors (Lipinski definition) is 2. The summed E-state index contributed by atoms with van der Waals surface area (Å²) in [5, 5.41) is 0. The Kier molecular flexibility index (Phi) is 5.01. The van der Waals surface area contributed by atoms with Crippen LogP contribution in [0.15, 0.2) is 12.7 Å². The number of hydrogen-bond donors (Lipinski definition) is 1. The Morgan fingerprint density at radius 2 is 2.00 bits per heavy atom. The molecule has 0 saturated carbocycles. The molecule has 0 bridgehead atoms. The fourth-order valence-corrected chi connectivity index (χ4v) is 1.31. The molecule has 2 N–H and O–H groups in total. The van der Waals surface area contributed by atoms with Crippen molar-refractivity contribution in [2.45, 2.75) is 46.2 Å². The average Bonchev–Trinajstić information content (AvgIpc) is 2.13. The molecule has 0 aliphatic heterocycles. The number of likely N-dealkylation sites (N-methyl/N-ethyl adjacent to an activating group) is 1. The summed E-state index contributed by atoms with van der Waals surface area (Å²) in [4.78, 5) is 13.6. The number of nitrogens with zero attached hydrogens (tertiary/aromatic N) is 1. The van der Waals surface area contributed by atoms with Crippen LogP contribution in [-0.4, -0.2) is 29.9 Å².